The third-order valence-corrected chi connectivity index (χ3v) is 2.51. The van der Waals surface area contributed by atoms with Crippen LogP contribution in [0.3, 0.4) is 0 Å². The van der Waals surface area contributed by atoms with Crippen molar-refractivity contribution in [3.8, 4) is 0 Å². The number of aromatic nitrogens is 1. The number of nitrogen functional groups attached to an aromatic ring is 1. The molecule has 1 aromatic rings. The Morgan fingerprint density at radius 1 is 1.60 bits per heavy atom. The standard InChI is InChI=1S/C10H12N2O3/c11-8-3-7(10(14)15)5-12(9(8)13)4-6-1-2-6/h3,5-6H,1-2,4,11H2,(H,14,15). The van der Waals surface area contributed by atoms with Crippen LogP contribution in [-0.4, -0.2) is 15.6 Å². The summed E-state index contributed by atoms with van der Waals surface area (Å²) in [5, 5.41) is 8.80. The Morgan fingerprint density at radius 2 is 2.27 bits per heavy atom. The summed E-state index contributed by atoms with van der Waals surface area (Å²) < 4.78 is 1.40. The van der Waals surface area contributed by atoms with E-state index in [1.165, 1.54) is 16.8 Å². The molecule has 0 radical (unpaired) electrons. The minimum absolute atomic E-state index is 0.00412. The van der Waals surface area contributed by atoms with Gasteiger partial charge in [-0.15, -0.1) is 0 Å². The normalized spacial score (nSPS) is 15.2. The van der Waals surface area contributed by atoms with Crippen molar-refractivity contribution in [2.75, 3.05) is 5.73 Å². The molecular weight excluding hydrogens is 196 g/mol. The van der Waals surface area contributed by atoms with Crippen LogP contribution in [0.2, 0.25) is 0 Å². The van der Waals surface area contributed by atoms with E-state index < -0.39 is 5.97 Å². The molecule has 15 heavy (non-hydrogen) atoms. The van der Waals surface area contributed by atoms with E-state index in [1.54, 1.807) is 0 Å². The van der Waals surface area contributed by atoms with Gasteiger partial charge in [0.05, 0.1) is 11.3 Å². The Balaban J connectivity index is 2.41. The van der Waals surface area contributed by atoms with Gasteiger partial charge in [0.1, 0.15) is 0 Å². The number of hydrogen-bond acceptors (Lipinski definition) is 3. The van der Waals surface area contributed by atoms with Crippen molar-refractivity contribution in [1.82, 2.24) is 4.57 Å². The van der Waals surface area contributed by atoms with Gasteiger partial charge in [-0.1, -0.05) is 0 Å². The summed E-state index contributed by atoms with van der Waals surface area (Å²) in [6.45, 7) is 0.574. The molecule has 1 saturated carbocycles. The highest BCUT2D eigenvalue weighted by atomic mass is 16.4. The number of carbonyl (C=O) groups is 1. The smallest absolute Gasteiger partial charge is 0.337 e. The Morgan fingerprint density at radius 3 is 2.80 bits per heavy atom. The first kappa shape index (κ1) is 9.76. The molecule has 1 fully saturated rings. The number of rotatable bonds is 3. The highest BCUT2D eigenvalue weighted by Crippen LogP contribution is 2.30. The average molecular weight is 208 g/mol. The lowest BCUT2D eigenvalue weighted by Crippen LogP contribution is -2.24. The Labute approximate surface area is 86.1 Å². The van der Waals surface area contributed by atoms with Crippen LogP contribution in [0.25, 0.3) is 0 Å². The maximum absolute atomic E-state index is 11.6. The number of carboxylic acids is 1. The van der Waals surface area contributed by atoms with Crippen molar-refractivity contribution < 1.29 is 9.90 Å². The molecular formula is C10H12N2O3. The van der Waals surface area contributed by atoms with E-state index in [0.717, 1.165) is 12.8 Å². The fourth-order valence-corrected chi connectivity index (χ4v) is 1.49. The van der Waals surface area contributed by atoms with Gasteiger partial charge < -0.3 is 15.4 Å². The molecule has 1 aliphatic carbocycles. The van der Waals surface area contributed by atoms with Crippen LogP contribution in [0.5, 0.6) is 0 Å². The lowest BCUT2D eigenvalue weighted by atomic mass is 10.2. The number of aromatic carboxylic acids is 1. The Kier molecular flexibility index (Phi) is 2.22. The highest BCUT2D eigenvalue weighted by Gasteiger charge is 2.22. The van der Waals surface area contributed by atoms with E-state index in [0.29, 0.717) is 12.5 Å². The topological polar surface area (TPSA) is 85.3 Å². The number of carboxylic acid groups (broad SMARTS) is 1. The molecule has 0 aliphatic heterocycles. The fraction of sp³-hybridized carbons (Fsp3) is 0.400. The second-order valence-electron chi connectivity index (χ2n) is 3.89. The quantitative estimate of drug-likeness (QED) is 0.759. The summed E-state index contributed by atoms with van der Waals surface area (Å²) >= 11 is 0. The summed E-state index contributed by atoms with van der Waals surface area (Å²) in [6, 6.07) is 1.20. The van der Waals surface area contributed by atoms with Crippen molar-refractivity contribution in [2.24, 2.45) is 5.92 Å². The molecule has 2 rings (SSSR count). The summed E-state index contributed by atoms with van der Waals surface area (Å²) in [5.74, 6) is -0.558. The maximum atomic E-state index is 11.6. The minimum Gasteiger partial charge on any atom is -0.478 e. The van der Waals surface area contributed by atoms with E-state index in [4.69, 9.17) is 10.8 Å². The van der Waals surface area contributed by atoms with Gasteiger partial charge in [0.2, 0.25) is 0 Å². The zero-order valence-corrected chi connectivity index (χ0v) is 8.14. The summed E-state index contributed by atoms with van der Waals surface area (Å²) in [6.07, 6.45) is 3.56. The third-order valence-electron chi connectivity index (χ3n) is 2.51. The monoisotopic (exact) mass is 208 g/mol. The van der Waals surface area contributed by atoms with Crippen LogP contribution in [0.1, 0.15) is 23.2 Å². The van der Waals surface area contributed by atoms with E-state index in [2.05, 4.69) is 0 Å². The van der Waals surface area contributed by atoms with Gasteiger partial charge in [0, 0.05) is 12.7 Å². The molecule has 0 atom stereocenters. The van der Waals surface area contributed by atoms with Gasteiger partial charge in [0.15, 0.2) is 0 Å². The number of anilines is 1. The molecule has 5 heteroatoms. The molecule has 80 valence electrons. The largest absolute Gasteiger partial charge is 0.478 e. The Bertz CT molecular complexity index is 460. The van der Waals surface area contributed by atoms with Gasteiger partial charge >= 0.3 is 5.97 Å². The highest BCUT2D eigenvalue weighted by molar-refractivity contribution is 5.88. The summed E-state index contributed by atoms with van der Waals surface area (Å²) in [5.41, 5.74) is 5.22. The minimum atomic E-state index is -1.06. The molecule has 3 N–H and O–H groups in total. The van der Waals surface area contributed by atoms with Crippen LogP contribution in [0.15, 0.2) is 17.1 Å². The molecule has 0 unspecified atom stereocenters. The third kappa shape index (κ3) is 2.01. The SMILES string of the molecule is Nc1cc(C(=O)O)cn(CC2CC2)c1=O. The number of nitrogens with zero attached hydrogens (tertiary/aromatic N) is 1. The molecule has 1 aliphatic rings. The predicted molar refractivity (Wildman–Crippen MR) is 54.8 cm³/mol. The lowest BCUT2D eigenvalue weighted by molar-refractivity contribution is 0.0696. The van der Waals surface area contributed by atoms with Gasteiger partial charge in [-0.25, -0.2) is 4.79 Å². The van der Waals surface area contributed by atoms with E-state index in [9.17, 15) is 9.59 Å². The van der Waals surface area contributed by atoms with Crippen molar-refractivity contribution in [3.05, 3.63) is 28.2 Å². The van der Waals surface area contributed by atoms with Gasteiger partial charge in [-0.2, -0.15) is 0 Å². The van der Waals surface area contributed by atoms with Crippen LogP contribution in [0, 0.1) is 5.92 Å². The second kappa shape index (κ2) is 3.42. The molecule has 1 aromatic heterocycles. The molecule has 0 spiro atoms. The lowest BCUT2D eigenvalue weighted by Gasteiger charge is -2.06. The zero-order valence-electron chi connectivity index (χ0n) is 8.14. The van der Waals surface area contributed by atoms with Crippen molar-refractivity contribution in [1.29, 1.82) is 0 Å². The first-order valence-electron chi connectivity index (χ1n) is 4.81. The molecule has 1 heterocycles. The molecule has 0 saturated heterocycles. The van der Waals surface area contributed by atoms with Gasteiger partial charge in [-0.05, 0) is 24.8 Å². The van der Waals surface area contributed by atoms with Crippen molar-refractivity contribution >= 4 is 11.7 Å². The first-order valence-corrected chi connectivity index (χ1v) is 4.81. The molecule has 5 nitrogen and oxygen atoms in total. The van der Waals surface area contributed by atoms with E-state index >= 15 is 0 Å². The van der Waals surface area contributed by atoms with E-state index in [-0.39, 0.29) is 16.8 Å². The van der Waals surface area contributed by atoms with Crippen LogP contribution < -0.4 is 11.3 Å². The summed E-state index contributed by atoms with van der Waals surface area (Å²) in [7, 11) is 0. The molecule has 0 amide bonds. The predicted octanol–water partition coefficient (Wildman–Crippen LogP) is 0.539. The molecule has 0 bridgehead atoms. The van der Waals surface area contributed by atoms with Crippen LogP contribution in [0.4, 0.5) is 5.69 Å². The zero-order chi connectivity index (χ0) is 11.0. The number of nitrogens with two attached hydrogens (primary N) is 1. The average Bonchev–Trinajstić information content (AvgIpc) is 2.96. The Hall–Kier alpha value is -1.78. The van der Waals surface area contributed by atoms with Crippen molar-refractivity contribution in [3.63, 3.8) is 0 Å². The fourth-order valence-electron chi connectivity index (χ4n) is 1.49. The number of pyridine rings is 1. The van der Waals surface area contributed by atoms with Crippen LogP contribution in [-0.2, 0) is 6.54 Å². The van der Waals surface area contributed by atoms with Crippen molar-refractivity contribution in [2.45, 2.75) is 19.4 Å². The van der Waals surface area contributed by atoms with Crippen LogP contribution >= 0.6 is 0 Å². The summed E-state index contributed by atoms with van der Waals surface area (Å²) in [4.78, 5) is 22.3. The second-order valence-corrected chi connectivity index (χ2v) is 3.89. The first-order chi connectivity index (χ1) is 7.08. The number of hydrogen-bond donors (Lipinski definition) is 2. The van der Waals surface area contributed by atoms with E-state index in [1.807, 2.05) is 0 Å². The van der Waals surface area contributed by atoms with Gasteiger partial charge in [-0.3, -0.25) is 4.79 Å². The maximum Gasteiger partial charge on any atom is 0.337 e. The molecule has 0 aromatic carbocycles. The van der Waals surface area contributed by atoms with Gasteiger partial charge in [0.25, 0.3) is 5.56 Å².